The van der Waals surface area contributed by atoms with Crippen molar-refractivity contribution >= 4 is 11.8 Å². The van der Waals surface area contributed by atoms with Crippen LogP contribution < -0.4 is 10.1 Å². The summed E-state index contributed by atoms with van der Waals surface area (Å²) < 4.78 is 7.08. The standard InChI is InChI=1S/C22H23N5O3/c1-30-20-8-3-2-7-19(20)27-13-16(12-25-27)11-24-22(29)17-10-21(28)26(14-17)15-18-6-4-5-9-23-18/h2-9,12-13,17H,10-11,14-15H2,1H3,(H,24,29)/t17-/m1/s1. The Morgan fingerprint density at radius 3 is 2.87 bits per heavy atom. The van der Waals surface area contributed by atoms with E-state index >= 15 is 0 Å². The van der Waals surface area contributed by atoms with E-state index in [4.69, 9.17) is 4.74 Å². The number of benzene rings is 1. The van der Waals surface area contributed by atoms with Crippen molar-refractivity contribution in [2.24, 2.45) is 5.92 Å². The van der Waals surface area contributed by atoms with E-state index in [1.165, 1.54) is 0 Å². The van der Waals surface area contributed by atoms with Gasteiger partial charge in [-0.25, -0.2) is 4.68 Å². The van der Waals surface area contributed by atoms with E-state index in [9.17, 15) is 9.59 Å². The summed E-state index contributed by atoms with van der Waals surface area (Å²) in [6, 6.07) is 13.2. The third-order valence-electron chi connectivity index (χ3n) is 5.10. The number of rotatable bonds is 7. The van der Waals surface area contributed by atoms with Crippen LogP contribution in [0, 0.1) is 5.92 Å². The number of pyridine rings is 1. The van der Waals surface area contributed by atoms with Gasteiger partial charge in [0, 0.05) is 37.5 Å². The van der Waals surface area contributed by atoms with Crippen LogP contribution in [-0.2, 0) is 22.7 Å². The summed E-state index contributed by atoms with van der Waals surface area (Å²) in [5.74, 6) is 0.209. The summed E-state index contributed by atoms with van der Waals surface area (Å²) in [5.41, 5.74) is 2.50. The molecule has 1 aliphatic heterocycles. The van der Waals surface area contributed by atoms with Crippen molar-refractivity contribution < 1.29 is 14.3 Å². The van der Waals surface area contributed by atoms with Crippen LogP contribution in [0.15, 0.2) is 61.1 Å². The predicted octanol–water partition coefficient (Wildman–Crippen LogP) is 1.94. The van der Waals surface area contributed by atoms with Crippen molar-refractivity contribution in [3.05, 3.63) is 72.3 Å². The van der Waals surface area contributed by atoms with Crippen LogP contribution in [0.4, 0.5) is 0 Å². The molecular weight excluding hydrogens is 382 g/mol. The van der Waals surface area contributed by atoms with E-state index < -0.39 is 0 Å². The Bertz CT molecular complexity index is 1030. The van der Waals surface area contributed by atoms with Gasteiger partial charge in [0.2, 0.25) is 11.8 Å². The Labute approximate surface area is 174 Å². The number of carbonyl (C=O) groups excluding carboxylic acids is 2. The summed E-state index contributed by atoms with van der Waals surface area (Å²) in [4.78, 5) is 30.8. The first-order chi connectivity index (χ1) is 14.6. The SMILES string of the molecule is COc1ccccc1-n1cc(CNC(=O)[C@@H]2CC(=O)N(Cc3ccccn3)C2)cn1. The molecule has 0 radical (unpaired) electrons. The highest BCUT2D eigenvalue weighted by Gasteiger charge is 2.34. The van der Waals surface area contributed by atoms with Crippen LogP contribution >= 0.6 is 0 Å². The second-order valence-corrected chi connectivity index (χ2v) is 7.18. The Kier molecular flexibility index (Phi) is 5.74. The zero-order valence-corrected chi connectivity index (χ0v) is 16.7. The molecule has 1 fully saturated rings. The lowest BCUT2D eigenvalue weighted by molar-refractivity contribution is -0.129. The van der Waals surface area contributed by atoms with Gasteiger partial charge in [-0.05, 0) is 24.3 Å². The molecule has 0 saturated carbocycles. The number of ether oxygens (including phenoxy) is 1. The monoisotopic (exact) mass is 405 g/mol. The minimum absolute atomic E-state index is 0.0233. The molecule has 4 rings (SSSR count). The molecule has 2 amide bonds. The lowest BCUT2D eigenvalue weighted by Gasteiger charge is -2.16. The second kappa shape index (κ2) is 8.77. The van der Waals surface area contributed by atoms with Crippen LogP contribution in [0.5, 0.6) is 5.75 Å². The topological polar surface area (TPSA) is 89.4 Å². The predicted molar refractivity (Wildman–Crippen MR) is 110 cm³/mol. The molecule has 0 unspecified atom stereocenters. The fourth-order valence-corrected chi connectivity index (χ4v) is 3.52. The highest BCUT2D eigenvalue weighted by Crippen LogP contribution is 2.22. The van der Waals surface area contributed by atoms with E-state index in [0.717, 1.165) is 16.9 Å². The Morgan fingerprint density at radius 2 is 2.07 bits per heavy atom. The number of nitrogens with zero attached hydrogens (tertiary/aromatic N) is 4. The minimum Gasteiger partial charge on any atom is -0.494 e. The van der Waals surface area contributed by atoms with Gasteiger partial charge in [-0.3, -0.25) is 14.6 Å². The quantitative estimate of drug-likeness (QED) is 0.649. The Morgan fingerprint density at radius 1 is 1.23 bits per heavy atom. The zero-order valence-electron chi connectivity index (χ0n) is 16.7. The molecule has 0 bridgehead atoms. The van der Waals surface area contributed by atoms with Crippen molar-refractivity contribution in [1.29, 1.82) is 0 Å². The molecule has 1 atom stereocenters. The molecule has 1 aromatic carbocycles. The van der Waals surface area contributed by atoms with Gasteiger partial charge in [-0.15, -0.1) is 0 Å². The first kappa shape index (κ1) is 19.6. The van der Waals surface area contributed by atoms with Gasteiger partial charge in [-0.2, -0.15) is 5.10 Å². The van der Waals surface area contributed by atoms with Crippen molar-refractivity contribution in [2.45, 2.75) is 19.5 Å². The molecule has 8 nitrogen and oxygen atoms in total. The number of amides is 2. The van der Waals surface area contributed by atoms with Gasteiger partial charge < -0.3 is 15.0 Å². The van der Waals surface area contributed by atoms with Gasteiger partial charge in [0.05, 0.1) is 31.5 Å². The highest BCUT2D eigenvalue weighted by atomic mass is 16.5. The van der Waals surface area contributed by atoms with Crippen molar-refractivity contribution in [3.63, 3.8) is 0 Å². The van der Waals surface area contributed by atoms with Gasteiger partial charge in [0.25, 0.3) is 0 Å². The molecule has 3 aromatic rings. The van der Waals surface area contributed by atoms with Crippen LogP contribution in [0.2, 0.25) is 0 Å². The van der Waals surface area contributed by atoms with E-state index in [0.29, 0.717) is 25.4 Å². The first-order valence-corrected chi connectivity index (χ1v) is 9.76. The normalized spacial score (nSPS) is 16.0. The molecule has 0 aliphatic carbocycles. The van der Waals surface area contributed by atoms with E-state index in [2.05, 4.69) is 15.4 Å². The first-order valence-electron chi connectivity index (χ1n) is 9.76. The number of nitrogens with one attached hydrogen (secondary N) is 1. The second-order valence-electron chi connectivity index (χ2n) is 7.18. The summed E-state index contributed by atoms with van der Waals surface area (Å²) >= 11 is 0. The molecule has 8 heteroatoms. The number of hydrogen-bond donors (Lipinski definition) is 1. The third-order valence-corrected chi connectivity index (χ3v) is 5.10. The third kappa shape index (κ3) is 4.32. The molecule has 1 N–H and O–H groups in total. The molecule has 1 saturated heterocycles. The van der Waals surface area contributed by atoms with Crippen LogP contribution in [0.1, 0.15) is 17.7 Å². The van der Waals surface area contributed by atoms with Crippen molar-refractivity contribution in [3.8, 4) is 11.4 Å². The molecule has 3 heterocycles. The summed E-state index contributed by atoms with van der Waals surface area (Å²) in [6.07, 6.45) is 5.48. The molecule has 2 aromatic heterocycles. The highest BCUT2D eigenvalue weighted by molar-refractivity contribution is 5.89. The maximum Gasteiger partial charge on any atom is 0.225 e. The van der Waals surface area contributed by atoms with Crippen molar-refractivity contribution in [1.82, 2.24) is 25.0 Å². The van der Waals surface area contributed by atoms with Gasteiger partial charge >= 0.3 is 0 Å². The average molecular weight is 405 g/mol. The zero-order chi connectivity index (χ0) is 20.9. The van der Waals surface area contributed by atoms with E-state index in [-0.39, 0.29) is 24.2 Å². The number of likely N-dealkylation sites (tertiary alicyclic amines) is 1. The fraction of sp³-hybridized carbons (Fsp3) is 0.273. The Hall–Kier alpha value is -3.68. The van der Waals surface area contributed by atoms with Gasteiger partial charge in [0.15, 0.2) is 0 Å². The number of para-hydroxylation sites is 2. The number of aromatic nitrogens is 3. The maximum absolute atomic E-state index is 12.6. The summed E-state index contributed by atoms with van der Waals surface area (Å²) in [7, 11) is 1.61. The smallest absolute Gasteiger partial charge is 0.225 e. The van der Waals surface area contributed by atoms with Gasteiger partial charge in [-0.1, -0.05) is 18.2 Å². The molecule has 1 aliphatic rings. The number of methoxy groups -OCH3 is 1. The lowest BCUT2D eigenvalue weighted by atomic mass is 10.1. The maximum atomic E-state index is 12.6. The molecule has 0 spiro atoms. The van der Waals surface area contributed by atoms with Crippen molar-refractivity contribution in [2.75, 3.05) is 13.7 Å². The van der Waals surface area contributed by atoms with Crippen LogP contribution in [0.3, 0.4) is 0 Å². The number of hydrogen-bond acceptors (Lipinski definition) is 5. The summed E-state index contributed by atoms with van der Waals surface area (Å²) in [6.45, 7) is 1.18. The lowest BCUT2D eigenvalue weighted by Crippen LogP contribution is -2.32. The fourth-order valence-electron chi connectivity index (χ4n) is 3.52. The molecule has 30 heavy (non-hydrogen) atoms. The van der Waals surface area contributed by atoms with E-state index in [1.54, 1.807) is 29.1 Å². The Balaban J connectivity index is 1.33. The van der Waals surface area contributed by atoms with Crippen LogP contribution in [-0.4, -0.2) is 45.1 Å². The molecule has 154 valence electrons. The van der Waals surface area contributed by atoms with Gasteiger partial charge in [0.1, 0.15) is 11.4 Å². The van der Waals surface area contributed by atoms with E-state index in [1.807, 2.05) is 48.7 Å². The molecular formula is C22H23N5O3. The number of carbonyl (C=O) groups is 2. The average Bonchev–Trinajstić information content (AvgIpc) is 3.40. The van der Waals surface area contributed by atoms with Crippen LogP contribution in [0.25, 0.3) is 5.69 Å². The summed E-state index contributed by atoms with van der Waals surface area (Å²) in [5, 5.41) is 7.28. The largest absolute Gasteiger partial charge is 0.494 e. The minimum atomic E-state index is -0.356.